The second-order valence-electron chi connectivity index (χ2n) is 4.03. The van der Waals surface area contributed by atoms with Gasteiger partial charge in [-0.2, -0.15) is 13.2 Å². The molecule has 3 heterocycles. The van der Waals surface area contributed by atoms with E-state index in [1.54, 1.807) is 12.4 Å². The van der Waals surface area contributed by atoms with Crippen molar-refractivity contribution in [3.05, 3.63) is 40.9 Å². The smallest absolute Gasteiger partial charge is 0.308 e. The van der Waals surface area contributed by atoms with Gasteiger partial charge >= 0.3 is 6.18 Å². The van der Waals surface area contributed by atoms with Crippen molar-refractivity contribution in [2.45, 2.75) is 6.18 Å². The molecule has 0 bridgehead atoms. The Morgan fingerprint density at radius 2 is 1.75 bits per heavy atom. The standard InChI is InChI=1S/C12H8F3N5/c13-12(14,15)10-2-1-7(3-16-10)11-8-4-19-20-5-9(8)17-6-18-11/h1-6,19-20H. The van der Waals surface area contributed by atoms with Crippen LogP contribution in [0.15, 0.2) is 24.7 Å². The fourth-order valence-corrected chi connectivity index (χ4v) is 1.82. The van der Waals surface area contributed by atoms with Gasteiger partial charge in [0, 0.05) is 29.4 Å². The lowest BCUT2D eigenvalue weighted by atomic mass is 10.1. The Bertz CT molecular complexity index is 752. The van der Waals surface area contributed by atoms with Gasteiger partial charge in [0.05, 0.1) is 11.0 Å². The summed E-state index contributed by atoms with van der Waals surface area (Å²) in [6, 6.07) is 2.27. The Kier molecular flexibility index (Phi) is 2.78. The van der Waals surface area contributed by atoms with Crippen molar-refractivity contribution < 1.29 is 13.2 Å². The second-order valence-corrected chi connectivity index (χ2v) is 4.03. The number of hydrogen-bond donors (Lipinski definition) is 2. The van der Waals surface area contributed by atoms with E-state index in [-0.39, 0.29) is 0 Å². The number of alkyl halides is 3. The molecule has 2 N–H and O–H groups in total. The van der Waals surface area contributed by atoms with E-state index < -0.39 is 11.9 Å². The molecule has 0 unspecified atom stereocenters. The molecule has 8 heteroatoms. The minimum Gasteiger partial charge on any atom is -0.308 e. The lowest BCUT2D eigenvalue weighted by molar-refractivity contribution is -0.141. The Balaban J connectivity index is 2.12. The summed E-state index contributed by atoms with van der Waals surface area (Å²) >= 11 is 0. The lowest BCUT2D eigenvalue weighted by Gasteiger charge is -2.09. The molecule has 2 aromatic heterocycles. The number of nitrogens with zero attached hydrogens (tertiary/aromatic N) is 3. The van der Waals surface area contributed by atoms with E-state index in [9.17, 15) is 13.2 Å². The highest BCUT2D eigenvalue weighted by Crippen LogP contribution is 2.28. The zero-order chi connectivity index (χ0) is 14.2. The molecular weight excluding hydrogens is 271 g/mol. The maximum Gasteiger partial charge on any atom is 0.433 e. The number of pyridine rings is 1. The topological polar surface area (TPSA) is 62.7 Å². The third-order valence-electron chi connectivity index (χ3n) is 2.75. The molecule has 102 valence electrons. The summed E-state index contributed by atoms with van der Waals surface area (Å²) in [7, 11) is 0. The largest absolute Gasteiger partial charge is 0.433 e. The fraction of sp³-hybridized carbons (Fsp3) is 0.0833. The van der Waals surface area contributed by atoms with Gasteiger partial charge in [-0.15, -0.1) is 0 Å². The highest BCUT2D eigenvalue weighted by molar-refractivity contribution is 5.60. The average Bonchev–Trinajstić information content (AvgIpc) is 2.46. The highest BCUT2D eigenvalue weighted by Gasteiger charge is 2.32. The summed E-state index contributed by atoms with van der Waals surface area (Å²) in [6.07, 6.45) is 1.33. The molecule has 0 amide bonds. The van der Waals surface area contributed by atoms with Gasteiger partial charge in [0.25, 0.3) is 0 Å². The van der Waals surface area contributed by atoms with E-state index in [1.807, 2.05) is 0 Å². The van der Waals surface area contributed by atoms with Crippen molar-refractivity contribution in [2.24, 2.45) is 0 Å². The summed E-state index contributed by atoms with van der Waals surface area (Å²) in [4.78, 5) is 11.6. The van der Waals surface area contributed by atoms with Gasteiger partial charge in [-0.25, -0.2) is 9.97 Å². The van der Waals surface area contributed by atoms with E-state index in [2.05, 4.69) is 25.8 Å². The molecule has 1 aliphatic heterocycles. The van der Waals surface area contributed by atoms with Crippen molar-refractivity contribution in [1.82, 2.24) is 25.8 Å². The van der Waals surface area contributed by atoms with Gasteiger partial charge in [0.2, 0.25) is 0 Å². The fourth-order valence-electron chi connectivity index (χ4n) is 1.82. The van der Waals surface area contributed by atoms with Crippen LogP contribution in [0.25, 0.3) is 23.7 Å². The van der Waals surface area contributed by atoms with Gasteiger partial charge in [0.15, 0.2) is 0 Å². The molecule has 0 saturated heterocycles. The number of rotatable bonds is 1. The molecule has 0 atom stereocenters. The first-order chi connectivity index (χ1) is 9.55. The Morgan fingerprint density at radius 3 is 2.45 bits per heavy atom. The number of fused-ring (bicyclic) bond motifs is 1. The zero-order valence-electron chi connectivity index (χ0n) is 9.94. The van der Waals surface area contributed by atoms with Crippen LogP contribution in [-0.2, 0) is 6.18 Å². The summed E-state index contributed by atoms with van der Waals surface area (Å²) in [5.41, 5.74) is 5.61. The number of nitrogens with one attached hydrogen (secondary N) is 2. The van der Waals surface area contributed by atoms with E-state index in [0.717, 1.165) is 12.3 Å². The maximum atomic E-state index is 12.5. The first-order valence-electron chi connectivity index (χ1n) is 5.62. The molecule has 3 rings (SSSR count). The third kappa shape index (κ3) is 2.15. The molecular formula is C12H8F3N5. The number of hydrazine groups is 1. The quantitative estimate of drug-likeness (QED) is 0.777. The average molecular weight is 279 g/mol. The number of halogens is 3. The van der Waals surface area contributed by atoms with Crippen molar-refractivity contribution in [1.29, 1.82) is 0 Å². The minimum absolute atomic E-state index is 0.491. The Morgan fingerprint density at radius 1 is 0.950 bits per heavy atom. The van der Waals surface area contributed by atoms with Crippen LogP contribution in [0, 0.1) is 0 Å². The molecule has 0 aromatic carbocycles. The van der Waals surface area contributed by atoms with Gasteiger partial charge in [-0.05, 0) is 12.1 Å². The number of hydrogen-bond acceptors (Lipinski definition) is 5. The minimum atomic E-state index is -4.45. The van der Waals surface area contributed by atoms with E-state index in [0.29, 0.717) is 21.8 Å². The van der Waals surface area contributed by atoms with E-state index >= 15 is 0 Å². The van der Waals surface area contributed by atoms with Crippen molar-refractivity contribution >= 4 is 12.4 Å². The van der Waals surface area contributed by atoms with Gasteiger partial charge in [-0.3, -0.25) is 4.98 Å². The molecule has 0 spiro atoms. The van der Waals surface area contributed by atoms with Gasteiger partial charge in [-0.1, -0.05) is 0 Å². The van der Waals surface area contributed by atoms with Crippen LogP contribution in [0.2, 0.25) is 0 Å². The Hall–Kier alpha value is -2.64. The number of aromatic nitrogens is 3. The van der Waals surface area contributed by atoms with Gasteiger partial charge in [0.1, 0.15) is 12.0 Å². The second kappa shape index (κ2) is 4.48. The van der Waals surface area contributed by atoms with E-state index in [1.165, 1.54) is 12.4 Å². The SMILES string of the molecule is FC(F)(F)c1ccc(-c2ncnc3c2=CNNC=3)cn1. The van der Waals surface area contributed by atoms with Gasteiger partial charge < -0.3 is 10.9 Å². The summed E-state index contributed by atoms with van der Waals surface area (Å²) in [5.74, 6) is 0. The van der Waals surface area contributed by atoms with Crippen molar-refractivity contribution in [3.63, 3.8) is 0 Å². The molecule has 1 aliphatic rings. The highest BCUT2D eigenvalue weighted by atomic mass is 19.4. The lowest BCUT2D eigenvalue weighted by Crippen LogP contribution is -2.42. The molecule has 0 fully saturated rings. The summed E-state index contributed by atoms with van der Waals surface area (Å²) in [5, 5.41) is 1.33. The molecule has 0 saturated carbocycles. The predicted molar refractivity (Wildman–Crippen MR) is 64.7 cm³/mol. The van der Waals surface area contributed by atoms with Crippen molar-refractivity contribution in [2.75, 3.05) is 0 Å². The normalized spacial score (nSPS) is 13.3. The maximum absolute atomic E-state index is 12.5. The molecule has 5 nitrogen and oxygen atoms in total. The molecule has 20 heavy (non-hydrogen) atoms. The van der Waals surface area contributed by atoms with Crippen LogP contribution in [0.3, 0.4) is 0 Å². The van der Waals surface area contributed by atoms with Crippen LogP contribution in [-0.4, -0.2) is 15.0 Å². The summed E-state index contributed by atoms with van der Waals surface area (Å²) < 4.78 is 37.4. The monoisotopic (exact) mass is 279 g/mol. The Labute approximate surface area is 110 Å². The van der Waals surface area contributed by atoms with Crippen LogP contribution >= 0.6 is 0 Å². The van der Waals surface area contributed by atoms with Crippen LogP contribution < -0.4 is 21.4 Å². The zero-order valence-corrected chi connectivity index (χ0v) is 9.94. The van der Waals surface area contributed by atoms with Crippen LogP contribution in [0.5, 0.6) is 0 Å². The molecule has 0 radical (unpaired) electrons. The molecule has 0 aliphatic carbocycles. The summed E-state index contributed by atoms with van der Waals surface area (Å²) in [6.45, 7) is 0. The van der Waals surface area contributed by atoms with Crippen LogP contribution in [0.4, 0.5) is 13.2 Å². The van der Waals surface area contributed by atoms with Crippen LogP contribution in [0.1, 0.15) is 5.69 Å². The molecule has 2 aromatic rings. The van der Waals surface area contributed by atoms with Crippen molar-refractivity contribution in [3.8, 4) is 11.3 Å². The first-order valence-corrected chi connectivity index (χ1v) is 5.62. The third-order valence-corrected chi connectivity index (χ3v) is 2.75. The predicted octanol–water partition coefficient (Wildman–Crippen LogP) is 0.141. The van der Waals surface area contributed by atoms with E-state index in [4.69, 9.17) is 0 Å². The first kappa shape index (κ1) is 12.4.